The highest BCUT2D eigenvalue weighted by molar-refractivity contribution is 7.99. The van der Waals surface area contributed by atoms with Crippen LogP contribution in [0.4, 0.5) is 11.4 Å². The molecule has 186 valence electrons. The van der Waals surface area contributed by atoms with Gasteiger partial charge < -0.3 is 9.64 Å². The summed E-state index contributed by atoms with van der Waals surface area (Å²) in [6.07, 6.45) is 3.11. The minimum atomic E-state index is -3.68. The van der Waals surface area contributed by atoms with E-state index < -0.39 is 10.0 Å². The number of thioether (sulfide) groups is 1. The van der Waals surface area contributed by atoms with Gasteiger partial charge in [-0.2, -0.15) is 0 Å². The quantitative estimate of drug-likeness (QED) is 0.455. The Morgan fingerprint density at radius 3 is 2.44 bits per heavy atom. The van der Waals surface area contributed by atoms with Crippen LogP contribution in [0.25, 0.3) is 0 Å². The number of ether oxygens (including phenoxy) is 1. The van der Waals surface area contributed by atoms with E-state index >= 15 is 0 Å². The van der Waals surface area contributed by atoms with Crippen LogP contribution in [0.5, 0.6) is 0 Å². The van der Waals surface area contributed by atoms with Gasteiger partial charge in [0.25, 0.3) is 10.0 Å². The Morgan fingerprint density at radius 2 is 1.79 bits per heavy atom. The van der Waals surface area contributed by atoms with Crippen molar-refractivity contribution in [3.8, 4) is 0 Å². The van der Waals surface area contributed by atoms with Crippen molar-refractivity contribution < 1.29 is 13.2 Å². The molecule has 0 aromatic heterocycles. The van der Waals surface area contributed by atoms with Crippen LogP contribution in [0.2, 0.25) is 0 Å². The molecule has 0 saturated carbocycles. The number of aryl methyl sites for hydroxylation is 1. The summed E-state index contributed by atoms with van der Waals surface area (Å²) in [4.78, 5) is 3.92. The minimum Gasteiger partial charge on any atom is -0.381 e. The van der Waals surface area contributed by atoms with Crippen LogP contribution >= 0.6 is 11.8 Å². The van der Waals surface area contributed by atoms with Gasteiger partial charge in [0.1, 0.15) is 0 Å². The zero-order valence-electron chi connectivity index (χ0n) is 20.9. The number of fused-ring (bicyclic) bond motifs is 1. The van der Waals surface area contributed by atoms with Gasteiger partial charge in [0.2, 0.25) is 0 Å². The first-order valence-corrected chi connectivity index (χ1v) is 15.0. The first kappa shape index (κ1) is 25.4. The van der Waals surface area contributed by atoms with E-state index in [1.165, 1.54) is 5.56 Å². The molecule has 0 radical (unpaired) electrons. The van der Waals surface area contributed by atoms with Gasteiger partial charge in [0.15, 0.2) is 0 Å². The summed E-state index contributed by atoms with van der Waals surface area (Å²) in [7, 11) is -3.68. The molecule has 0 bridgehead atoms. The Labute approximate surface area is 209 Å². The smallest absolute Gasteiger partial charge is 0.264 e. The molecule has 0 unspecified atom stereocenters. The van der Waals surface area contributed by atoms with Crippen LogP contribution < -0.4 is 9.21 Å². The largest absolute Gasteiger partial charge is 0.381 e. The van der Waals surface area contributed by atoms with Crippen LogP contribution in [-0.2, 0) is 21.2 Å². The van der Waals surface area contributed by atoms with E-state index in [4.69, 9.17) is 4.74 Å². The third-order valence-electron chi connectivity index (χ3n) is 7.02. The molecule has 2 aliphatic rings. The summed E-state index contributed by atoms with van der Waals surface area (Å²) in [5.41, 5.74) is 3.09. The molecule has 0 N–H and O–H groups in total. The summed E-state index contributed by atoms with van der Waals surface area (Å²) in [5.74, 6) is 1.79. The maximum atomic E-state index is 13.9. The fourth-order valence-corrected chi connectivity index (χ4v) is 7.74. The second-order valence-corrected chi connectivity index (χ2v) is 12.8. The maximum Gasteiger partial charge on any atom is 0.264 e. The molecular weight excluding hydrogens is 464 g/mol. The lowest BCUT2D eigenvalue weighted by molar-refractivity contribution is 0.0593. The van der Waals surface area contributed by atoms with Crippen molar-refractivity contribution in [1.82, 2.24) is 0 Å². The Kier molecular flexibility index (Phi) is 8.16. The number of sulfonamides is 1. The number of anilines is 2. The SMILES string of the molecule is CCc1ccc(N(CC(C)C)S(=O)(=O)c2ccc3c(c2)SCCN3[C@H](C)C2CCOCC2)cc1. The van der Waals surface area contributed by atoms with Crippen LogP contribution in [0.1, 0.15) is 46.1 Å². The van der Waals surface area contributed by atoms with E-state index in [1.807, 2.05) is 36.4 Å². The van der Waals surface area contributed by atoms with Crippen molar-refractivity contribution in [2.24, 2.45) is 11.8 Å². The van der Waals surface area contributed by atoms with E-state index in [0.29, 0.717) is 23.4 Å². The summed E-state index contributed by atoms with van der Waals surface area (Å²) in [5, 5.41) is 0. The predicted molar refractivity (Wildman–Crippen MR) is 143 cm³/mol. The summed E-state index contributed by atoms with van der Waals surface area (Å²) < 4.78 is 34.9. The Bertz CT molecular complexity index is 1060. The van der Waals surface area contributed by atoms with E-state index in [0.717, 1.165) is 61.0 Å². The molecule has 0 amide bonds. The van der Waals surface area contributed by atoms with Crippen LogP contribution in [0.3, 0.4) is 0 Å². The number of hydrogen-bond acceptors (Lipinski definition) is 5. The molecule has 2 aromatic rings. The van der Waals surface area contributed by atoms with E-state index in [1.54, 1.807) is 22.1 Å². The van der Waals surface area contributed by atoms with Gasteiger partial charge in [0, 0.05) is 43.0 Å². The first-order chi connectivity index (χ1) is 16.3. The lowest BCUT2D eigenvalue weighted by atomic mass is 9.91. The lowest BCUT2D eigenvalue weighted by Gasteiger charge is -2.41. The molecule has 0 aliphatic carbocycles. The van der Waals surface area contributed by atoms with Crippen LogP contribution in [0.15, 0.2) is 52.3 Å². The normalized spacial score (nSPS) is 18.1. The van der Waals surface area contributed by atoms with E-state index in [2.05, 4.69) is 32.6 Å². The van der Waals surface area contributed by atoms with E-state index in [-0.39, 0.29) is 5.92 Å². The topological polar surface area (TPSA) is 49.9 Å². The monoisotopic (exact) mass is 502 g/mol. The fraction of sp³-hybridized carbons (Fsp3) is 0.556. The summed E-state index contributed by atoms with van der Waals surface area (Å²) in [6.45, 7) is 11.7. The second-order valence-electron chi connectivity index (χ2n) is 9.81. The van der Waals surface area contributed by atoms with Crippen molar-refractivity contribution in [2.45, 2.75) is 62.8 Å². The average molecular weight is 503 g/mol. The predicted octanol–water partition coefficient (Wildman–Crippen LogP) is 5.83. The van der Waals surface area contributed by atoms with Gasteiger partial charge in [-0.25, -0.2) is 8.42 Å². The van der Waals surface area contributed by atoms with Gasteiger partial charge in [-0.05, 0) is 73.9 Å². The molecule has 4 rings (SSSR count). The Hall–Kier alpha value is -1.70. The minimum absolute atomic E-state index is 0.212. The highest BCUT2D eigenvalue weighted by Gasteiger charge is 2.31. The number of benzene rings is 2. The number of nitrogens with zero attached hydrogens (tertiary/aromatic N) is 2. The number of rotatable bonds is 8. The zero-order chi connectivity index (χ0) is 24.3. The van der Waals surface area contributed by atoms with Crippen molar-refractivity contribution in [1.29, 1.82) is 0 Å². The third-order valence-corrected chi connectivity index (χ3v) is 9.84. The summed E-state index contributed by atoms with van der Waals surface area (Å²) in [6, 6.07) is 14.1. The van der Waals surface area contributed by atoms with Crippen molar-refractivity contribution in [2.75, 3.05) is 41.3 Å². The summed E-state index contributed by atoms with van der Waals surface area (Å²) >= 11 is 1.76. The van der Waals surface area contributed by atoms with E-state index in [9.17, 15) is 8.42 Å². The van der Waals surface area contributed by atoms with Crippen molar-refractivity contribution >= 4 is 33.2 Å². The van der Waals surface area contributed by atoms with Gasteiger partial charge in [0.05, 0.1) is 16.3 Å². The molecule has 1 fully saturated rings. The lowest BCUT2D eigenvalue weighted by Crippen LogP contribution is -2.43. The van der Waals surface area contributed by atoms with Gasteiger partial charge in [-0.3, -0.25) is 4.31 Å². The van der Waals surface area contributed by atoms with Crippen LogP contribution in [0, 0.1) is 11.8 Å². The molecule has 1 saturated heterocycles. The molecule has 7 heteroatoms. The zero-order valence-corrected chi connectivity index (χ0v) is 22.5. The van der Waals surface area contributed by atoms with Gasteiger partial charge >= 0.3 is 0 Å². The Morgan fingerprint density at radius 1 is 1.09 bits per heavy atom. The third kappa shape index (κ3) is 5.42. The standard InChI is InChI=1S/C27H38N2O3S2/c1-5-22-6-8-24(9-7-22)29(19-20(2)3)34(30,31)25-10-11-26-27(18-25)33-17-14-28(26)21(4)23-12-15-32-16-13-23/h6-11,18,20-21,23H,5,12-17,19H2,1-4H3/t21-/m1/s1. The molecule has 2 heterocycles. The molecular formula is C27H38N2O3S2. The highest BCUT2D eigenvalue weighted by atomic mass is 32.2. The molecule has 2 aliphatic heterocycles. The average Bonchev–Trinajstić information content (AvgIpc) is 2.86. The van der Waals surface area contributed by atoms with Crippen molar-refractivity contribution in [3.63, 3.8) is 0 Å². The molecule has 0 spiro atoms. The van der Waals surface area contributed by atoms with Crippen molar-refractivity contribution in [3.05, 3.63) is 48.0 Å². The molecule has 1 atom stereocenters. The molecule has 34 heavy (non-hydrogen) atoms. The highest BCUT2D eigenvalue weighted by Crippen LogP contribution is 2.40. The number of hydrogen-bond donors (Lipinski definition) is 0. The maximum absolute atomic E-state index is 13.9. The molecule has 5 nitrogen and oxygen atoms in total. The van der Waals surface area contributed by atoms with Gasteiger partial charge in [-0.1, -0.05) is 32.9 Å². The molecule has 2 aromatic carbocycles. The first-order valence-electron chi connectivity index (χ1n) is 12.5. The van der Waals surface area contributed by atoms with Gasteiger partial charge in [-0.15, -0.1) is 11.8 Å². The second kappa shape index (κ2) is 10.9. The Balaban J connectivity index is 1.64. The fourth-order valence-electron chi connectivity index (χ4n) is 4.96. The van der Waals surface area contributed by atoms with Crippen LogP contribution in [-0.4, -0.2) is 46.5 Å².